The van der Waals surface area contributed by atoms with Crippen LogP contribution in [0.25, 0.3) is 10.9 Å². The van der Waals surface area contributed by atoms with Crippen LogP contribution < -0.4 is 5.32 Å². The predicted molar refractivity (Wildman–Crippen MR) is 70.1 cm³/mol. The van der Waals surface area contributed by atoms with Crippen molar-refractivity contribution in [2.24, 2.45) is 0 Å². The minimum atomic E-state index is -0.851. The number of aromatic amines is 1. The standard InChI is InChI=1S/C14H16N2O2/c17-14(18)10-2-1-3-12-13(10)11(8-16-12)9-4-6-15-7-5-9/h1-3,8-9,15-16H,4-7H2,(H,17,18). The molecule has 0 amide bonds. The van der Waals surface area contributed by atoms with Crippen molar-refractivity contribution in [1.29, 1.82) is 0 Å². The van der Waals surface area contributed by atoms with Gasteiger partial charge in [0, 0.05) is 17.1 Å². The number of benzene rings is 1. The summed E-state index contributed by atoms with van der Waals surface area (Å²) in [6.07, 6.45) is 4.12. The molecule has 1 fully saturated rings. The van der Waals surface area contributed by atoms with Crippen LogP contribution in [0.3, 0.4) is 0 Å². The Morgan fingerprint density at radius 2 is 2.06 bits per heavy atom. The van der Waals surface area contributed by atoms with E-state index in [9.17, 15) is 9.90 Å². The molecule has 0 bridgehead atoms. The van der Waals surface area contributed by atoms with Crippen molar-refractivity contribution >= 4 is 16.9 Å². The minimum Gasteiger partial charge on any atom is -0.478 e. The third-order valence-corrected chi connectivity index (χ3v) is 3.75. The average molecular weight is 244 g/mol. The van der Waals surface area contributed by atoms with Gasteiger partial charge in [0.2, 0.25) is 0 Å². The van der Waals surface area contributed by atoms with Crippen molar-refractivity contribution in [3.63, 3.8) is 0 Å². The van der Waals surface area contributed by atoms with E-state index in [0.29, 0.717) is 11.5 Å². The highest BCUT2D eigenvalue weighted by Crippen LogP contribution is 2.33. The second-order valence-corrected chi connectivity index (χ2v) is 4.80. The van der Waals surface area contributed by atoms with Crippen LogP contribution in [-0.2, 0) is 0 Å². The van der Waals surface area contributed by atoms with Crippen LogP contribution in [0.2, 0.25) is 0 Å². The largest absolute Gasteiger partial charge is 0.478 e. The lowest BCUT2D eigenvalue weighted by molar-refractivity contribution is 0.0699. The fourth-order valence-electron chi connectivity index (χ4n) is 2.84. The van der Waals surface area contributed by atoms with Crippen LogP contribution in [0.5, 0.6) is 0 Å². The number of fused-ring (bicyclic) bond motifs is 1. The molecule has 0 unspecified atom stereocenters. The molecule has 0 spiro atoms. The van der Waals surface area contributed by atoms with E-state index in [1.165, 1.54) is 0 Å². The smallest absolute Gasteiger partial charge is 0.336 e. The van der Waals surface area contributed by atoms with Crippen molar-refractivity contribution in [1.82, 2.24) is 10.3 Å². The molecule has 1 saturated heterocycles. The summed E-state index contributed by atoms with van der Waals surface area (Å²) < 4.78 is 0. The number of hydrogen-bond acceptors (Lipinski definition) is 2. The normalized spacial score (nSPS) is 17.1. The van der Waals surface area contributed by atoms with Gasteiger partial charge < -0.3 is 15.4 Å². The summed E-state index contributed by atoms with van der Waals surface area (Å²) in [4.78, 5) is 14.5. The monoisotopic (exact) mass is 244 g/mol. The molecule has 4 nitrogen and oxygen atoms in total. The maximum absolute atomic E-state index is 11.3. The van der Waals surface area contributed by atoms with Crippen molar-refractivity contribution < 1.29 is 9.90 Å². The Hall–Kier alpha value is -1.81. The number of carboxylic acids is 1. The van der Waals surface area contributed by atoms with E-state index < -0.39 is 5.97 Å². The number of H-pyrrole nitrogens is 1. The first-order valence-corrected chi connectivity index (χ1v) is 6.31. The van der Waals surface area contributed by atoms with Crippen LogP contribution in [0.4, 0.5) is 0 Å². The molecule has 0 atom stereocenters. The van der Waals surface area contributed by atoms with Gasteiger partial charge in [0.1, 0.15) is 0 Å². The summed E-state index contributed by atoms with van der Waals surface area (Å²) in [6, 6.07) is 5.41. The summed E-state index contributed by atoms with van der Waals surface area (Å²) in [5.41, 5.74) is 2.48. The van der Waals surface area contributed by atoms with Crippen LogP contribution in [0.1, 0.15) is 34.7 Å². The zero-order valence-corrected chi connectivity index (χ0v) is 10.1. The fraction of sp³-hybridized carbons (Fsp3) is 0.357. The zero-order valence-electron chi connectivity index (χ0n) is 10.1. The van der Waals surface area contributed by atoms with E-state index in [1.807, 2.05) is 12.3 Å². The summed E-state index contributed by atoms with van der Waals surface area (Å²) in [6.45, 7) is 2.01. The van der Waals surface area contributed by atoms with Gasteiger partial charge in [-0.15, -0.1) is 0 Å². The number of hydrogen-bond donors (Lipinski definition) is 3. The van der Waals surface area contributed by atoms with Crippen molar-refractivity contribution in [2.45, 2.75) is 18.8 Å². The van der Waals surface area contributed by atoms with E-state index in [-0.39, 0.29) is 0 Å². The Morgan fingerprint density at radius 3 is 2.78 bits per heavy atom. The highest BCUT2D eigenvalue weighted by Gasteiger charge is 2.21. The lowest BCUT2D eigenvalue weighted by atomic mass is 9.89. The van der Waals surface area contributed by atoms with Crippen LogP contribution in [0, 0.1) is 0 Å². The molecular formula is C14H16N2O2. The van der Waals surface area contributed by atoms with Crippen LogP contribution in [0.15, 0.2) is 24.4 Å². The summed E-state index contributed by atoms with van der Waals surface area (Å²) in [5.74, 6) is -0.393. The summed E-state index contributed by atoms with van der Waals surface area (Å²) in [5, 5.41) is 13.5. The quantitative estimate of drug-likeness (QED) is 0.759. The van der Waals surface area contributed by atoms with Crippen LogP contribution in [-0.4, -0.2) is 29.1 Å². The highest BCUT2D eigenvalue weighted by atomic mass is 16.4. The lowest BCUT2D eigenvalue weighted by Crippen LogP contribution is -2.26. The summed E-state index contributed by atoms with van der Waals surface area (Å²) >= 11 is 0. The molecule has 2 aromatic rings. The maximum atomic E-state index is 11.3. The van der Waals surface area contributed by atoms with Crippen molar-refractivity contribution in [3.8, 4) is 0 Å². The fourth-order valence-corrected chi connectivity index (χ4v) is 2.84. The third-order valence-electron chi connectivity index (χ3n) is 3.75. The second kappa shape index (κ2) is 4.46. The van der Waals surface area contributed by atoms with Crippen LogP contribution >= 0.6 is 0 Å². The molecule has 94 valence electrons. The molecule has 1 aliphatic rings. The molecule has 1 aliphatic heterocycles. The molecule has 0 radical (unpaired) electrons. The number of carboxylic acid groups (broad SMARTS) is 1. The molecule has 1 aromatic heterocycles. The zero-order chi connectivity index (χ0) is 12.5. The van der Waals surface area contributed by atoms with E-state index in [4.69, 9.17) is 0 Å². The van der Waals surface area contributed by atoms with E-state index in [1.54, 1.807) is 12.1 Å². The Morgan fingerprint density at radius 1 is 1.28 bits per heavy atom. The van der Waals surface area contributed by atoms with Crippen molar-refractivity contribution in [3.05, 3.63) is 35.5 Å². The first-order valence-electron chi connectivity index (χ1n) is 6.31. The third kappa shape index (κ3) is 1.78. The van der Waals surface area contributed by atoms with E-state index in [0.717, 1.165) is 42.4 Å². The number of aromatic nitrogens is 1. The average Bonchev–Trinajstić information content (AvgIpc) is 2.83. The molecule has 3 N–H and O–H groups in total. The first-order chi connectivity index (χ1) is 8.77. The summed E-state index contributed by atoms with van der Waals surface area (Å²) in [7, 11) is 0. The molecule has 3 rings (SSSR count). The van der Waals surface area contributed by atoms with Gasteiger partial charge in [-0.25, -0.2) is 4.79 Å². The van der Waals surface area contributed by atoms with Gasteiger partial charge >= 0.3 is 5.97 Å². The van der Waals surface area contributed by atoms with Gasteiger partial charge in [-0.1, -0.05) is 6.07 Å². The Balaban J connectivity index is 2.14. The van der Waals surface area contributed by atoms with Gasteiger partial charge in [-0.3, -0.25) is 0 Å². The van der Waals surface area contributed by atoms with Gasteiger partial charge in [0.15, 0.2) is 0 Å². The Labute approximate surface area is 105 Å². The number of aromatic carboxylic acids is 1. The number of nitrogens with one attached hydrogen (secondary N) is 2. The second-order valence-electron chi connectivity index (χ2n) is 4.80. The molecule has 0 aliphatic carbocycles. The molecule has 2 heterocycles. The number of carbonyl (C=O) groups is 1. The lowest BCUT2D eigenvalue weighted by Gasteiger charge is -2.22. The van der Waals surface area contributed by atoms with Gasteiger partial charge in [-0.2, -0.15) is 0 Å². The highest BCUT2D eigenvalue weighted by molar-refractivity contribution is 6.04. The maximum Gasteiger partial charge on any atom is 0.336 e. The Kier molecular flexibility index (Phi) is 2.80. The minimum absolute atomic E-state index is 0.405. The molecule has 0 saturated carbocycles. The Bertz CT molecular complexity index is 582. The first kappa shape index (κ1) is 11.3. The van der Waals surface area contributed by atoms with Gasteiger partial charge in [0.05, 0.1) is 5.56 Å². The van der Waals surface area contributed by atoms with E-state index >= 15 is 0 Å². The van der Waals surface area contributed by atoms with Gasteiger partial charge in [-0.05, 0) is 49.5 Å². The number of rotatable bonds is 2. The van der Waals surface area contributed by atoms with E-state index in [2.05, 4.69) is 10.3 Å². The molecular weight excluding hydrogens is 228 g/mol. The molecule has 4 heteroatoms. The number of piperidine rings is 1. The molecule has 18 heavy (non-hydrogen) atoms. The molecule has 1 aromatic carbocycles. The van der Waals surface area contributed by atoms with Gasteiger partial charge in [0.25, 0.3) is 0 Å². The van der Waals surface area contributed by atoms with Crippen molar-refractivity contribution in [2.75, 3.05) is 13.1 Å². The topological polar surface area (TPSA) is 65.1 Å². The predicted octanol–water partition coefficient (Wildman–Crippen LogP) is 2.33. The SMILES string of the molecule is O=C(O)c1cccc2[nH]cc(C3CCNCC3)c12.